The van der Waals surface area contributed by atoms with Gasteiger partial charge >= 0.3 is 0 Å². The molecule has 0 aliphatic carbocycles. The third kappa shape index (κ3) is 4.82. The fourth-order valence-corrected chi connectivity index (χ4v) is 2.52. The topological polar surface area (TPSA) is 64.6 Å². The first-order chi connectivity index (χ1) is 10.1. The number of hydrogen-bond acceptors (Lipinski definition) is 4. The maximum atomic E-state index is 11.9. The Morgan fingerprint density at radius 3 is 2.76 bits per heavy atom. The molecule has 114 valence electrons. The zero-order chi connectivity index (χ0) is 15.2. The number of rotatable bonds is 5. The molecular formula is C15H18BrNO4. The average molecular weight is 356 g/mol. The number of ketones is 1. The quantitative estimate of drug-likeness (QED) is 0.823. The molecular weight excluding hydrogens is 338 g/mol. The highest BCUT2D eigenvalue weighted by atomic mass is 79.9. The molecule has 0 saturated carbocycles. The Balaban J connectivity index is 1.90. The predicted octanol–water partition coefficient (Wildman–Crippen LogP) is 2.33. The van der Waals surface area contributed by atoms with Crippen LogP contribution in [0.5, 0.6) is 5.75 Å². The van der Waals surface area contributed by atoms with E-state index >= 15 is 0 Å². The summed E-state index contributed by atoms with van der Waals surface area (Å²) in [5.41, 5.74) is 0.461. The van der Waals surface area contributed by atoms with Crippen molar-refractivity contribution in [1.82, 2.24) is 5.32 Å². The first-order valence-electron chi connectivity index (χ1n) is 6.86. The monoisotopic (exact) mass is 355 g/mol. The summed E-state index contributed by atoms with van der Waals surface area (Å²) in [5.74, 6) is 0.142. The minimum Gasteiger partial charge on any atom is -0.483 e. The number of carbonyl (C=O) groups excluding carboxylic acids is 2. The van der Waals surface area contributed by atoms with Gasteiger partial charge in [-0.3, -0.25) is 9.59 Å². The van der Waals surface area contributed by atoms with Gasteiger partial charge in [-0.2, -0.15) is 0 Å². The molecule has 0 spiro atoms. The Labute approximate surface area is 132 Å². The standard InChI is InChI=1S/C15H18BrNO4/c1-10(18)13-8-11(16)2-3-14(13)21-9-15(19)17-12-4-6-20-7-5-12/h2-3,8,12H,4-7,9H2,1H3,(H,17,19). The highest BCUT2D eigenvalue weighted by molar-refractivity contribution is 9.10. The van der Waals surface area contributed by atoms with Crippen LogP contribution < -0.4 is 10.1 Å². The van der Waals surface area contributed by atoms with Gasteiger partial charge in [-0.25, -0.2) is 0 Å². The Bertz CT molecular complexity index is 526. The van der Waals surface area contributed by atoms with E-state index < -0.39 is 0 Å². The summed E-state index contributed by atoms with van der Waals surface area (Å²) in [6, 6.07) is 5.29. The SMILES string of the molecule is CC(=O)c1cc(Br)ccc1OCC(=O)NC1CCOCC1. The van der Waals surface area contributed by atoms with Crippen LogP contribution in [-0.4, -0.2) is 37.6 Å². The Morgan fingerprint density at radius 1 is 1.38 bits per heavy atom. The van der Waals surface area contributed by atoms with Gasteiger partial charge in [-0.15, -0.1) is 0 Å². The van der Waals surface area contributed by atoms with Crippen molar-refractivity contribution in [1.29, 1.82) is 0 Å². The number of halogens is 1. The van der Waals surface area contributed by atoms with Crippen molar-refractivity contribution in [3.8, 4) is 5.75 Å². The van der Waals surface area contributed by atoms with Gasteiger partial charge in [0.15, 0.2) is 12.4 Å². The highest BCUT2D eigenvalue weighted by Crippen LogP contribution is 2.23. The van der Waals surface area contributed by atoms with Crippen LogP contribution in [0.1, 0.15) is 30.1 Å². The fourth-order valence-electron chi connectivity index (χ4n) is 2.16. The summed E-state index contributed by atoms with van der Waals surface area (Å²) in [6.45, 7) is 2.72. The van der Waals surface area contributed by atoms with Gasteiger partial charge in [0.2, 0.25) is 0 Å². The number of benzene rings is 1. The Kier molecular flexibility index (Phi) is 5.76. The van der Waals surface area contributed by atoms with Gasteiger partial charge < -0.3 is 14.8 Å². The molecule has 1 aromatic rings. The molecule has 1 aliphatic rings. The lowest BCUT2D eigenvalue weighted by atomic mass is 10.1. The molecule has 1 heterocycles. The third-order valence-corrected chi connectivity index (χ3v) is 3.76. The van der Waals surface area contributed by atoms with E-state index in [1.54, 1.807) is 18.2 Å². The molecule has 1 saturated heterocycles. The van der Waals surface area contributed by atoms with Crippen LogP contribution in [0.15, 0.2) is 22.7 Å². The lowest BCUT2D eigenvalue weighted by molar-refractivity contribution is -0.124. The largest absolute Gasteiger partial charge is 0.483 e. The van der Waals surface area contributed by atoms with Crippen LogP contribution in [0.25, 0.3) is 0 Å². The van der Waals surface area contributed by atoms with E-state index in [1.165, 1.54) is 6.92 Å². The first-order valence-corrected chi connectivity index (χ1v) is 7.66. The van der Waals surface area contributed by atoms with Crippen molar-refractivity contribution in [3.05, 3.63) is 28.2 Å². The van der Waals surface area contributed by atoms with Gasteiger partial charge in [0, 0.05) is 23.7 Å². The smallest absolute Gasteiger partial charge is 0.258 e. The normalized spacial score (nSPS) is 15.5. The molecule has 0 atom stereocenters. The summed E-state index contributed by atoms with van der Waals surface area (Å²) < 4.78 is 11.5. The van der Waals surface area contributed by atoms with E-state index in [2.05, 4.69) is 21.2 Å². The van der Waals surface area contributed by atoms with Crippen molar-refractivity contribution < 1.29 is 19.1 Å². The van der Waals surface area contributed by atoms with Gasteiger partial charge in [-0.1, -0.05) is 15.9 Å². The lowest BCUT2D eigenvalue weighted by Crippen LogP contribution is -2.41. The van der Waals surface area contributed by atoms with Crippen molar-refractivity contribution >= 4 is 27.6 Å². The van der Waals surface area contributed by atoms with E-state index in [0.717, 1.165) is 17.3 Å². The molecule has 0 bridgehead atoms. The molecule has 0 aromatic heterocycles. The van der Waals surface area contributed by atoms with E-state index in [-0.39, 0.29) is 24.3 Å². The molecule has 2 rings (SSSR count). The van der Waals surface area contributed by atoms with E-state index in [0.29, 0.717) is 24.5 Å². The first kappa shape index (κ1) is 16.0. The summed E-state index contributed by atoms with van der Waals surface area (Å²) in [4.78, 5) is 23.4. The second-order valence-corrected chi connectivity index (χ2v) is 5.86. The number of hydrogen-bond donors (Lipinski definition) is 1. The summed E-state index contributed by atoms with van der Waals surface area (Å²) in [7, 11) is 0. The van der Waals surface area contributed by atoms with Crippen LogP contribution in [0.3, 0.4) is 0 Å². The number of nitrogens with one attached hydrogen (secondary N) is 1. The van der Waals surface area contributed by atoms with E-state index in [4.69, 9.17) is 9.47 Å². The summed E-state index contributed by atoms with van der Waals surface area (Å²) in [6.07, 6.45) is 1.64. The molecule has 1 aliphatic heterocycles. The third-order valence-electron chi connectivity index (χ3n) is 3.27. The molecule has 1 aromatic carbocycles. The highest BCUT2D eigenvalue weighted by Gasteiger charge is 2.17. The lowest BCUT2D eigenvalue weighted by Gasteiger charge is -2.23. The number of carbonyl (C=O) groups is 2. The van der Waals surface area contributed by atoms with Gasteiger partial charge in [0.25, 0.3) is 5.91 Å². The summed E-state index contributed by atoms with van der Waals surface area (Å²) >= 11 is 3.31. The number of ether oxygens (including phenoxy) is 2. The second-order valence-electron chi connectivity index (χ2n) is 4.94. The summed E-state index contributed by atoms with van der Waals surface area (Å²) in [5, 5.41) is 2.91. The van der Waals surface area contributed by atoms with Gasteiger partial charge in [0.05, 0.1) is 5.56 Å². The number of Topliss-reactive ketones (excluding diaryl/α,β-unsaturated/α-hetero) is 1. The fraction of sp³-hybridized carbons (Fsp3) is 0.467. The average Bonchev–Trinajstić information content (AvgIpc) is 2.47. The number of amides is 1. The van der Waals surface area contributed by atoms with Crippen LogP contribution in [0.2, 0.25) is 0 Å². The van der Waals surface area contributed by atoms with Crippen LogP contribution >= 0.6 is 15.9 Å². The second kappa shape index (κ2) is 7.56. The molecule has 21 heavy (non-hydrogen) atoms. The van der Waals surface area contributed by atoms with Crippen molar-refractivity contribution in [2.45, 2.75) is 25.8 Å². The van der Waals surface area contributed by atoms with Crippen molar-refractivity contribution in [2.24, 2.45) is 0 Å². The molecule has 6 heteroatoms. The van der Waals surface area contributed by atoms with Crippen molar-refractivity contribution in [2.75, 3.05) is 19.8 Å². The van der Waals surface area contributed by atoms with Crippen LogP contribution in [0, 0.1) is 0 Å². The molecule has 1 fully saturated rings. The molecule has 1 N–H and O–H groups in total. The zero-order valence-electron chi connectivity index (χ0n) is 11.9. The van der Waals surface area contributed by atoms with Crippen molar-refractivity contribution in [3.63, 3.8) is 0 Å². The molecule has 1 amide bonds. The minimum atomic E-state index is -0.181. The maximum absolute atomic E-state index is 11.9. The molecule has 0 unspecified atom stereocenters. The molecule has 0 radical (unpaired) electrons. The predicted molar refractivity (Wildman–Crippen MR) is 81.6 cm³/mol. The van der Waals surface area contributed by atoms with Gasteiger partial charge in [0.1, 0.15) is 5.75 Å². The van der Waals surface area contributed by atoms with Crippen LogP contribution in [-0.2, 0) is 9.53 Å². The van der Waals surface area contributed by atoms with Crippen LogP contribution in [0.4, 0.5) is 0 Å². The van der Waals surface area contributed by atoms with E-state index in [9.17, 15) is 9.59 Å². The maximum Gasteiger partial charge on any atom is 0.258 e. The zero-order valence-corrected chi connectivity index (χ0v) is 13.4. The van der Waals surface area contributed by atoms with Gasteiger partial charge in [-0.05, 0) is 38.0 Å². The Morgan fingerprint density at radius 2 is 2.10 bits per heavy atom. The minimum absolute atomic E-state index is 0.0979. The molecule has 5 nitrogen and oxygen atoms in total. The van der Waals surface area contributed by atoms with E-state index in [1.807, 2.05) is 0 Å². The Hall–Kier alpha value is -1.40.